The molecule has 9 nitrogen and oxygen atoms in total. The van der Waals surface area contributed by atoms with Gasteiger partial charge in [-0.15, -0.1) is 0 Å². The average molecular weight is 444 g/mol. The van der Waals surface area contributed by atoms with Crippen molar-refractivity contribution in [3.8, 4) is 6.07 Å². The predicted molar refractivity (Wildman–Crippen MR) is 106 cm³/mol. The Balaban J connectivity index is 3.15. The third-order valence-corrected chi connectivity index (χ3v) is 3.36. The number of nitrogens with one attached hydrogen (secondary N) is 1. The molecule has 0 aromatic carbocycles. The molecule has 1 heterocycles. The van der Waals surface area contributed by atoms with Crippen LogP contribution in [0.2, 0.25) is 0 Å². The van der Waals surface area contributed by atoms with Crippen molar-refractivity contribution in [2.75, 3.05) is 25.1 Å². The molecule has 0 bridgehead atoms. The van der Waals surface area contributed by atoms with E-state index in [1.54, 1.807) is 41.5 Å². The van der Waals surface area contributed by atoms with Gasteiger partial charge in [0, 0.05) is 19.7 Å². The van der Waals surface area contributed by atoms with Gasteiger partial charge in [-0.25, -0.2) is 9.78 Å². The third-order valence-electron chi connectivity index (χ3n) is 3.36. The Morgan fingerprint density at radius 1 is 1.16 bits per heavy atom. The monoisotopic (exact) mass is 444 g/mol. The summed E-state index contributed by atoms with van der Waals surface area (Å²) in [5.41, 5.74) is -0.0985. The van der Waals surface area contributed by atoms with Crippen LogP contribution in [0.15, 0.2) is 6.07 Å². The van der Waals surface area contributed by atoms with Gasteiger partial charge in [0.1, 0.15) is 18.2 Å². The van der Waals surface area contributed by atoms with Crippen molar-refractivity contribution in [3.05, 3.63) is 17.6 Å². The summed E-state index contributed by atoms with van der Waals surface area (Å²) in [5, 5.41) is 10.1. The number of anilines is 1. The number of alkyl halides is 3. The van der Waals surface area contributed by atoms with Gasteiger partial charge in [-0.1, -0.05) is 20.8 Å². The summed E-state index contributed by atoms with van der Waals surface area (Å²) in [6.07, 6.45) is -5.55. The number of hydrazine groups is 1. The molecule has 0 saturated heterocycles. The first kappa shape index (κ1) is 25.9. The number of carbonyl (C=O) groups excluding carboxylic acids is 2. The summed E-state index contributed by atoms with van der Waals surface area (Å²) >= 11 is 0. The second-order valence-electron chi connectivity index (χ2n) is 9.06. The number of halogens is 3. The molecule has 1 aromatic rings. The molecule has 0 radical (unpaired) electrons. The molecule has 172 valence electrons. The van der Waals surface area contributed by atoms with E-state index in [0.29, 0.717) is 6.07 Å². The van der Waals surface area contributed by atoms with Crippen LogP contribution in [0.4, 0.5) is 23.8 Å². The highest BCUT2D eigenvalue weighted by Crippen LogP contribution is 2.30. The first-order valence-electron chi connectivity index (χ1n) is 9.29. The summed E-state index contributed by atoms with van der Waals surface area (Å²) in [6, 6.07) is 2.13. The molecule has 0 unspecified atom stereocenters. The number of nitriles is 1. The van der Waals surface area contributed by atoms with Crippen LogP contribution in [-0.4, -0.2) is 52.6 Å². The summed E-state index contributed by atoms with van der Waals surface area (Å²) in [7, 11) is 1.35. The SMILES string of the molecule is CN(CC(=O)NN(CC(C)(C)C)c1cc(C(F)(F)F)nc(C#N)n1)C(=O)OC(C)(C)C. The first-order chi connectivity index (χ1) is 13.9. The van der Waals surface area contributed by atoms with Gasteiger partial charge in [-0.2, -0.15) is 23.4 Å². The van der Waals surface area contributed by atoms with Gasteiger partial charge < -0.3 is 9.64 Å². The second-order valence-corrected chi connectivity index (χ2v) is 9.06. The highest BCUT2D eigenvalue weighted by atomic mass is 19.4. The van der Waals surface area contributed by atoms with Crippen LogP contribution in [0.5, 0.6) is 0 Å². The quantitative estimate of drug-likeness (QED) is 0.695. The fourth-order valence-corrected chi connectivity index (χ4v) is 2.23. The molecule has 1 aromatic heterocycles. The van der Waals surface area contributed by atoms with E-state index < -0.39 is 47.3 Å². The van der Waals surface area contributed by atoms with Crippen molar-refractivity contribution < 1.29 is 27.5 Å². The minimum absolute atomic E-state index is 0.0636. The zero-order valence-electron chi connectivity index (χ0n) is 18.6. The highest BCUT2D eigenvalue weighted by molar-refractivity contribution is 5.83. The number of hydrogen-bond acceptors (Lipinski definition) is 7. The molecular formula is C19H27F3N6O3. The van der Waals surface area contributed by atoms with Crippen LogP contribution in [0, 0.1) is 16.7 Å². The van der Waals surface area contributed by atoms with E-state index >= 15 is 0 Å². The predicted octanol–water partition coefficient (Wildman–Crippen LogP) is 3.12. The molecule has 0 saturated carbocycles. The van der Waals surface area contributed by atoms with Crippen LogP contribution in [-0.2, 0) is 15.7 Å². The molecule has 2 amide bonds. The van der Waals surface area contributed by atoms with Gasteiger partial charge in [0.25, 0.3) is 5.91 Å². The summed E-state index contributed by atoms with van der Waals surface area (Å²) in [5.74, 6) is -1.69. The van der Waals surface area contributed by atoms with Gasteiger partial charge in [0.05, 0.1) is 0 Å². The van der Waals surface area contributed by atoms with E-state index in [1.165, 1.54) is 13.1 Å². The normalized spacial score (nSPS) is 12.0. The van der Waals surface area contributed by atoms with Crippen LogP contribution in [0.1, 0.15) is 53.1 Å². The van der Waals surface area contributed by atoms with Crippen molar-refractivity contribution >= 4 is 17.8 Å². The van der Waals surface area contributed by atoms with Crippen LogP contribution in [0.3, 0.4) is 0 Å². The van der Waals surface area contributed by atoms with Gasteiger partial charge >= 0.3 is 12.3 Å². The number of hydrogen-bond donors (Lipinski definition) is 1. The second kappa shape index (κ2) is 9.36. The number of aromatic nitrogens is 2. The topological polar surface area (TPSA) is 111 Å². The largest absolute Gasteiger partial charge is 0.444 e. The molecule has 0 aliphatic rings. The zero-order chi connectivity index (χ0) is 24.2. The minimum Gasteiger partial charge on any atom is -0.444 e. The number of carbonyl (C=O) groups is 2. The van der Waals surface area contributed by atoms with E-state index in [9.17, 15) is 22.8 Å². The van der Waals surface area contributed by atoms with E-state index in [0.717, 1.165) is 9.91 Å². The fraction of sp³-hybridized carbons (Fsp3) is 0.632. The maximum atomic E-state index is 13.2. The molecule has 31 heavy (non-hydrogen) atoms. The lowest BCUT2D eigenvalue weighted by molar-refractivity contribution is -0.141. The lowest BCUT2D eigenvalue weighted by Gasteiger charge is -2.32. The fourth-order valence-electron chi connectivity index (χ4n) is 2.23. The number of nitrogens with zero attached hydrogens (tertiary/aromatic N) is 5. The Morgan fingerprint density at radius 2 is 1.74 bits per heavy atom. The molecule has 1 N–H and O–H groups in total. The Hall–Kier alpha value is -3.10. The number of rotatable bonds is 5. The lowest BCUT2D eigenvalue weighted by atomic mass is 9.97. The van der Waals surface area contributed by atoms with Crippen LogP contribution in [0.25, 0.3) is 0 Å². The molecule has 12 heteroatoms. The van der Waals surface area contributed by atoms with Gasteiger partial charge in [0.15, 0.2) is 11.5 Å². The first-order valence-corrected chi connectivity index (χ1v) is 9.29. The Morgan fingerprint density at radius 3 is 2.19 bits per heavy atom. The van der Waals surface area contributed by atoms with Crippen LogP contribution >= 0.6 is 0 Å². The standard InChI is InChI=1S/C19H27F3N6O3/c1-17(2,3)11-28(14-8-12(19(20,21)22)24-13(9-23)25-14)26-15(29)10-27(7)16(30)31-18(4,5)6/h8H,10-11H2,1-7H3,(H,26,29). The molecule has 0 atom stereocenters. The molecule has 0 fully saturated rings. The average Bonchev–Trinajstić information content (AvgIpc) is 2.57. The number of amides is 2. The van der Waals surface area contributed by atoms with Crippen LogP contribution < -0.4 is 10.4 Å². The van der Waals surface area contributed by atoms with Crippen molar-refractivity contribution in [2.24, 2.45) is 5.41 Å². The minimum atomic E-state index is -4.81. The number of ether oxygens (including phenoxy) is 1. The molecule has 0 spiro atoms. The van der Waals surface area contributed by atoms with E-state index in [-0.39, 0.29) is 12.4 Å². The zero-order valence-corrected chi connectivity index (χ0v) is 18.6. The molecule has 1 rings (SSSR count). The Bertz CT molecular complexity index is 853. The Kier molecular flexibility index (Phi) is 7.83. The maximum absolute atomic E-state index is 13.2. The summed E-state index contributed by atoms with van der Waals surface area (Å²) in [4.78, 5) is 32.5. The highest BCUT2D eigenvalue weighted by Gasteiger charge is 2.35. The lowest BCUT2D eigenvalue weighted by Crippen LogP contribution is -2.50. The summed E-state index contributed by atoms with van der Waals surface area (Å²) < 4.78 is 44.7. The van der Waals surface area contributed by atoms with Crippen molar-refractivity contribution in [2.45, 2.75) is 53.3 Å². The van der Waals surface area contributed by atoms with E-state index in [4.69, 9.17) is 10.00 Å². The van der Waals surface area contributed by atoms with E-state index in [1.807, 2.05) is 0 Å². The van der Waals surface area contributed by atoms with Crippen molar-refractivity contribution in [1.29, 1.82) is 5.26 Å². The van der Waals surface area contributed by atoms with E-state index in [2.05, 4.69) is 15.4 Å². The molecular weight excluding hydrogens is 417 g/mol. The van der Waals surface area contributed by atoms with Crippen molar-refractivity contribution in [3.63, 3.8) is 0 Å². The summed E-state index contributed by atoms with van der Waals surface area (Å²) in [6.45, 7) is 10.1. The Labute approximate surface area is 179 Å². The maximum Gasteiger partial charge on any atom is 0.433 e. The van der Waals surface area contributed by atoms with Crippen molar-refractivity contribution in [1.82, 2.24) is 20.3 Å². The third kappa shape index (κ3) is 9.06. The smallest absolute Gasteiger partial charge is 0.433 e. The molecule has 0 aliphatic carbocycles. The van der Waals surface area contributed by atoms with Gasteiger partial charge in [-0.3, -0.25) is 15.2 Å². The van der Waals surface area contributed by atoms with Gasteiger partial charge in [0.2, 0.25) is 5.82 Å². The number of likely N-dealkylation sites (N-methyl/N-ethyl adjacent to an activating group) is 1. The van der Waals surface area contributed by atoms with Gasteiger partial charge in [-0.05, 0) is 26.2 Å². The molecule has 0 aliphatic heterocycles.